The molecule has 0 fully saturated rings. The molecule has 1 N–H and O–H groups in total. The SMILES string of the molecule is CC(Nc1cc(Cl)ccc1Br)c1nc2ccccc2s1. The van der Waals surface area contributed by atoms with Gasteiger partial charge in [0.25, 0.3) is 0 Å². The van der Waals surface area contributed by atoms with Crippen molar-refractivity contribution in [3.05, 3.63) is 57.0 Å². The number of nitrogens with zero attached hydrogens (tertiary/aromatic N) is 1. The summed E-state index contributed by atoms with van der Waals surface area (Å²) >= 11 is 11.3. The van der Waals surface area contributed by atoms with Gasteiger partial charge in [-0.2, -0.15) is 0 Å². The van der Waals surface area contributed by atoms with E-state index in [1.165, 1.54) is 4.70 Å². The van der Waals surface area contributed by atoms with E-state index in [4.69, 9.17) is 11.6 Å². The highest BCUT2D eigenvalue weighted by atomic mass is 79.9. The summed E-state index contributed by atoms with van der Waals surface area (Å²) in [7, 11) is 0. The molecule has 0 aliphatic carbocycles. The Kier molecular flexibility index (Phi) is 3.96. The second kappa shape index (κ2) is 5.72. The molecule has 0 aliphatic rings. The summed E-state index contributed by atoms with van der Waals surface area (Å²) in [6, 6.07) is 14.0. The van der Waals surface area contributed by atoms with E-state index in [1.807, 2.05) is 36.4 Å². The fraction of sp³-hybridized carbons (Fsp3) is 0.133. The summed E-state index contributed by atoms with van der Waals surface area (Å²) in [6.07, 6.45) is 0. The average Bonchev–Trinajstić information content (AvgIpc) is 2.87. The number of halogens is 2. The topological polar surface area (TPSA) is 24.9 Å². The number of anilines is 1. The zero-order valence-corrected chi connectivity index (χ0v) is 13.9. The zero-order valence-electron chi connectivity index (χ0n) is 10.7. The van der Waals surface area contributed by atoms with E-state index in [0.29, 0.717) is 5.02 Å². The Bertz CT molecular complexity index is 723. The van der Waals surface area contributed by atoms with Crippen LogP contribution in [0.5, 0.6) is 0 Å². The molecule has 0 aliphatic heterocycles. The number of aromatic nitrogens is 1. The number of rotatable bonds is 3. The third kappa shape index (κ3) is 2.82. The van der Waals surface area contributed by atoms with Crippen LogP contribution < -0.4 is 5.32 Å². The first-order valence-corrected chi connectivity index (χ1v) is 8.19. The Morgan fingerprint density at radius 3 is 2.85 bits per heavy atom. The van der Waals surface area contributed by atoms with Gasteiger partial charge in [-0.25, -0.2) is 4.98 Å². The Labute approximate surface area is 134 Å². The summed E-state index contributed by atoms with van der Waals surface area (Å²) in [5.74, 6) is 0. The van der Waals surface area contributed by atoms with E-state index in [2.05, 4.69) is 39.2 Å². The van der Waals surface area contributed by atoms with Crippen LogP contribution in [0.1, 0.15) is 18.0 Å². The summed E-state index contributed by atoms with van der Waals surface area (Å²) in [5.41, 5.74) is 2.02. The van der Waals surface area contributed by atoms with Gasteiger partial charge >= 0.3 is 0 Å². The van der Waals surface area contributed by atoms with Crippen molar-refractivity contribution in [2.75, 3.05) is 5.32 Å². The number of fused-ring (bicyclic) bond motifs is 1. The number of nitrogens with one attached hydrogen (secondary N) is 1. The maximum Gasteiger partial charge on any atom is 0.116 e. The monoisotopic (exact) mass is 366 g/mol. The molecule has 2 nitrogen and oxygen atoms in total. The molecule has 1 heterocycles. The predicted octanol–water partition coefficient (Wildman–Crippen LogP) is 5.89. The van der Waals surface area contributed by atoms with Gasteiger partial charge in [0, 0.05) is 9.50 Å². The Balaban J connectivity index is 1.88. The van der Waals surface area contributed by atoms with Crippen molar-refractivity contribution >= 4 is 54.8 Å². The van der Waals surface area contributed by atoms with Crippen LogP contribution in [-0.2, 0) is 0 Å². The van der Waals surface area contributed by atoms with Crippen molar-refractivity contribution < 1.29 is 0 Å². The summed E-state index contributed by atoms with van der Waals surface area (Å²) in [5, 5.41) is 5.23. The van der Waals surface area contributed by atoms with E-state index in [9.17, 15) is 0 Å². The van der Waals surface area contributed by atoms with Crippen LogP contribution in [0.4, 0.5) is 5.69 Å². The van der Waals surface area contributed by atoms with Crippen molar-refractivity contribution in [3.8, 4) is 0 Å². The second-order valence-corrected chi connectivity index (χ2v) is 6.86. The standard InChI is InChI=1S/C15H12BrClN2S/c1-9(18-13-8-10(17)6-7-11(13)16)15-19-12-4-2-3-5-14(12)20-15/h2-9,18H,1H3. The number of hydrogen-bond donors (Lipinski definition) is 1. The highest BCUT2D eigenvalue weighted by Crippen LogP contribution is 2.32. The molecular formula is C15H12BrClN2S. The van der Waals surface area contributed by atoms with E-state index in [-0.39, 0.29) is 6.04 Å². The molecule has 0 spiro atoms. The maximum atomic E-state index is 6.04. The Morgan fingerprint density at radius 1 is 1.25 bits per heavy atom. The number of thiazole rings is 1. The van der Waals surface area contributed by atoms with E-state index < -0.39 is 0 Å². The molecule has 3 rings (SSSR count). The minimum Gasteiger partial charge on any atom is -0.375 e. The van der Waals surface area contributed by atoms with Crippen molar-refractivity contribution in [1.29, 1.82) is 0 Å². The first kappa shape index (κ1) is 13.9. The average molecular weight is 368 g/mol. The highest BCUT2D eigenvalue weighted by molar-refractivity contribution is 9.10. The van der Waals surface area contributed by atoms with Gasteiger partial charge in [-0.05, 0) is 53.2 Å². The van der Waals surface area contributed by atoms with Gasteiger partial charge in [-0.15, -0.1) is 11.3 Å². The van der Waals surface area contributed by atoms with Crippen LogP contribution in [0.3, 0.4) is 0 Å². The minimum absolute atomic E-state index is 0.127. The molecule has 2 aromatic carbocycles. The van der Waals surface area contributed by atoms with Gasteiger partial charge in [-0.3, -0.25) is 0 Å². The normalized spacial score (nSPS) is 12.6. The zero-order chi connectivity index (χ0) is 14.1. The molecule has 5 heteroatoms. The number of benzene rings is 2. The van der Waals surface area contributed by atoms with Gasteiger partial charge < -0.3 is 5.32 Å². The molecule has 0 saturated heterocycles. The number of hydrogen-bond acceptors (Lipinski definition) is 3. The van der Waals surface area contributed by atoms with Crippen molar-refractivity contribution in [2.24, 2.45) is 0 Å². The van der Waals surface area contributed by atoms with Gasteiger partial charge in [0.2, 0.25) is 0 Å². The molecule has 1 atom stereocenters. The second-order valence-electron chi connectivity index (χ2n) is 4.51. The number of para-hydroxylation sites is 1. The van der Waals surface area contributed by atoms with Crippen LogP contribution >= 0.6 is 38.9 Å². The molecule has 0 saturated carbocycles. The smallest absolute Gasteiger partial charge is 0.116 e. The van der Waals surface area contributed by atoms with Gasteiger partial charge in [0.05, 0.1) is 21.9 Å². The lowest BCUT2D eigenvalue weighted by Crippen LogP contribution is -2.06. The summed E-state index contributed by atoms with van der Waals surface area (Å²) in [4.78, 5) is 4.67. The third-order valence-corrected chi connectivity index (χ3v) is 5.13. The quantitative estimate of drug-likeness (QED) is 0.624. The third-order valence-electron chi connectivity index (χ3n) is 2.98. The first-order valence-electron chi connectivity index (χ1n) is 6.20. The van der Waals surface area contributed by atoms with Crippen LogP contribution in [0.15, 0.2) is 46.9 Å². The van der Waals surface area contributed by atoms with Crippen LogP contribution in [0.25, 0.3) is 10.2 Å². The van der Waals surface area contributed by atoms with Crippen molar-refractivity contribution in [3.63, 3.8) is 0 Å². The molecule has 0 bridgehead atoms. The van der Waals surface area contributed by atoms with Crippen LogP contribution in [0.2, 0.25) is 5.02 Å². The Morgan fingerprint density at radius 2 is 2.05 bits per heavy atom. The molecular weight excluding hydrogens is 356 g/mol. The minimum atomic E-state index is 0.127. The molecule has 1 unspecified atom stereocenters. The van der Waals surface area contributed by atoms with Crippen LogP contribution in [-0.4, -0.2) is 4.98 Å². The molecule has 1 aromatic heterocycles. The van der Waals surface area contributed by atoms with Crippen molar-refractivity contribution in [1.82, 2.24) is 4.98 Å². The van der Waals surface area contributed by atoms with E-state index >= 15 is 0 Å². The molecule has 102 valence electrons. The fourth-order valence-corrected chi connectivity index (χ4v) is 3.48. The van der Waals surface area contributed by atoms with Crippen molar-refractivity contribution in [2.45, 2.75) is 13.0 Å². The predicted molar refractivity (Wildman–Crippen MR) is 90.8 cm³/mol. The lowest BCUT2D eigenvalue weighted by atomic mass is 10.2. The molecule has 3 aromatic rings. The van der Waals surface area contributed by atoms with Gasteiger partial charge in [0.1, 0.15) is 5.01 Å². The summed E-state index contributed by atoms with van der Waals surface area (Å²) < 4.78 is 2.20. The molecule has 20 heavy (non-hydrogen) atoms. The highest BCUT2D eigenvalue weighted by Gasteiger charge is 2.12. The first-order chi connectivity index (χ1) is 9.63. The Hall–Kier alpha value is -1.10. The molecule has 0 amide bonds. The van der Waals surface area contributed by atoms with E-state index in [1.54, 1.807) is 11.3 Å². The van der Waals surface area contributed by atoms with Crippen LogP contribution in [0, 0.1) is 0 Å². The van der Waals surface area contributed by atoms with Gasteiger partial charge in [-0.1, -0.05) is 23.7 Å². The van der Waals surface area contributed by atoms with E-state index in [0.717, 1.165) is 20.7 Å². The largest absolute Gasteiger partial charge is 0.375 e. The lowest BCUT2D eigenvalue weighted by Gasteiger charge is -2.14. The molecule has 0 radical (unpaired) electrons. The summed E-state index contributed by atoms with van der Waals surface area (Å²) in [6.45, 7) is 2.10. The fourth-order valence-electron chi connectivity index (χ4n) is 1.98. The maximum absolute atomic E-state index is 6.04. The lowest BCUT2D eigenvalue weighted by molar-refractivity contribution is 0.873. The van der Waals surface area contributed by atoms with Gasteiger partial charge in [0.15, 0.2) is 0 Å².